The van der Waals surface area contributed by atoms with E-state index in [9.17, 15) is 8.42 Å². The molecule has 0 unspecified atom stereocenters. The van der Waals surface area contributed by atoms with Gasteiger partial charge in [0, 0.05) is 6.54 Å². The number of hydrogen-bond acceptors (Lipinski definition) is 3. The second kappa shape index (κ2) is 5.63. The Morgan fingerprint density at radius 1 is 1.26 bits per heavy atom. The molecule has 19 heavy (non-hydrogen) atoms. The SMILES string of the molecule is Cc1nn(CCC2CCCCC2)c(C)c1S(N)(=O)=O. The van der Waals surface area contributed by atoms with Gasteiger partial charge >= 0.3 is 0 Å². The molecule has 0 radical (unpaired) electrons. The molecule has 1 aromatic rings. The van der Waals surface area contributed by atoms with Crippen molar-refractivity contribution in [3.63, 3.8) is 0 Å². The fourth-order valence-electron chi connectivity index (χ4n) is 3.09. The summed E-state index contributed by atoms with van der Waals surface area (Å²) in [5.41, 5.74) is 1.17. The van der Waals surface area contributed by atoms with Crippen molar-refractivity contribution in [2.45, 2.75) is 63.8 Å². The zero-order chi connectivity index (χ0) is 14.0. The Balaban J connectivity index is 2.09. The van der Waals surface area contributed by atoms with E-state index >= 15 is 0 Å². The predicted molar refractivity (Wildman–Crippen MR) is 74.3 cm³/mol. The summed E-state index contributed by atoms with van der Waals surface area (Å²) in [7, 11) is -3.67. The number of hydrogen-bond donors (Lipinski definition) is 1. The number of aryl methyl sites for hydroxylation is 2. The van der Waals surface area contributed by atoms with Gasteiger partial charge in [-0.1, -0.05) is 32.1 Å². The van der Waals surface area contributed by atoms with E-state index in [2.05, 4.69) is 5.10 Å². The smallest absolute Gasteiger partial charge is 0.241 e. The highest BCUT2D eigenvalue weighted by Gasteiger charge is 2.21. The summed E-state index contributed by atoms with van der Waals surface area (Å²) >= 11 is 0. The van der Waals surface area contributed by atoms with Crippen molar-refractivity contribution in [1.82, 2.24) is 9.78 Å². The summed E-state index contributed by atoms with van der Waals surface area (Å²) in [6.07, 6.45) is 7.66. The lowest BCUT2D eigenvalue weighted by Gasteiger charge is -2.21. The lowest BCUT2D eigenvalue weighted by atomic mass is 9.87. The first-order chi connectivity index (χ1) is 8.89. The summed E-state index contributed by atoms with van der Waals surface area (Å²) in [4.78, 5) is 0.191. The molecular formula is C13H23N3O2S. The standard InChI is InChI=1S/C13H23N3O2S/c1-10-13(19(14,17)18)11(2)16(15-10)9-8-12-6-4-3-5-7-12/h12H,3-9H2,1-2H3,(H2,14,17,18). The van der Waals surface area contributed by atoms with E-state index in [0.717, 1.165) is 18.9 Å². The molecule has 2 rings (SSSR count). The highest BCUT2D eigenvalue weighted by atomic mass is 32.2. The topological polar surface area (TPSA) is 78.0 Å². The zero-order valence-electron chi connectivity index (χ0n) is 11.7. The van der Waals surface area contributed by atoms with Crippen LogP contribution in [0.4, 0.5) is 0 Å². The minimum Gasteiger partial charge on any atom is -0.268 e. The molecule has 0 bridgehead atoms. The molecule has 0 saturated heterocycles. The molecule has 0 atom stereocenters. The molecule has 1 aliphatic rings. The van der Waals surface area contributed by atoms with Gasteiger partial charge in [0.1, 0.15) is 4.90 Å². The fraction of sp³-hybridized carbons (Fsp3) is 0.769. The van der Waals surface area contributed by atoms with Crippen molar-refractivity contribution in [3.05, 3.63) is 11.4 Å². The fourth-order valence-corrected chi connectivity index (χ4v) is 4.06. The Morgan fingerprint density at radius 2 is 1.89 bits per heavy atom. The first-order valence-electron chi connectivity index (χ1n) is 6.96. The molecule has 0 spiro atoms. The maximum Gasteiger partial charge on any atom is 0.241 e. The molecule has 2 N–H and O–H groups in total. The van der Waals surface area contributed by atoms with E-state index in [0.29, 0.717) is 11.4 Å². The zero-order valence-corrected chi connectivity index (χ0v) is 12.5. The highest BCUT2D eigenvalue weighted by molar-refractivity contribution is 7.89. The second-order valence-corrected chi connectivity index (χ2v) is 7.06. The average Bonchev–Trinajstić information content (AvgIpc) is 2.62. The first-order valence-corrected chi connectivity index (χ1v) is 8.51. The van der Waals surface area contributed by atoms with Gasteiger partial charge in [-0.2, -0.15) is 5.10 Å². The van der Waals surface area contributed by atoms with E-state index in [1.165, 1.54) is 32.1 Å². The van der Waals surface area contributed by atoms with Crippen LogP contribution in [-0.2, 0) is 16.6 Å². The van der Waals surface area contributed by atoms with Crippen LogP contribution in [0.1, 0.15) is 49.9 Å². The number of primary sulfonamides is 1. The molecule has 0 aliphatic heterocycles. The maximum absolute atomic E-state index is 11.5. The maximum atomic E-state index is 11.5. The van der Waals surface area contributed by atoms with Crippen molar-refractivity contribution < 1.29 is 8.42 Å². The van der Waals surface area contributed by atoms with Gasteiger partial charge in [0.25, 0.3) is 0 Å². The van der Waals surface area contributed by atoms with Crippen molar-refractivity contribution in [2.24, 2.45) is 11.1 Å². The van der Waals surface area contributed by atoms with Gasteiger partial charge in [-0.25, -0.2) is 13.6 Å². The van der Waals surface area contributed by atoms with E-state index in [4.69, 9.17) is 5.14 Å². The number of nitrogens with zero attached hydrogens (tertiary/aromatic N) is 2. The van der Waals surface area contributed by atoms with Gasteiger partial charge in [0.15, 0.2) is 0 Å². The van der Waals surface area contributed by atoms with E-state index < -0.39 is 10.0 Å². The second-order valence-electron chi connectivity index (χ2n) is 5.56. The van der Waals surface area contributed by atoms with Crippen LogP contribution in [0, 0.1) is 19.8 Å². The van der Waals surface area contributed by atoms with Crippen molar-refractivity contribution in [3.8, 4) is 0 Å². The molecule has 1 heterocycles. The lowest BCUT2D eigenvalue weighted by molar-refractivity contribution is 0.317. The summed E-state index contributed by atoms with van der Waals surface area (Å²) in [5, 5.41) is 9.55. The van der Waals surface area contributed by atoms with Crippen LogP contribution in [0.3, 0.4) is 0 Å². The largest absolute Gasteiger partial charge is 0.268 e. The number of nitrogens with two attached hydrogens (primary N) is 1. The molecule has 6 heteroatoms. The average molecular weight is 285 g/mol. The summed E-state index contributed by atoms with van der Waals surface area (Å²) in [6, 6.07) is 0. The summed E-state index contributed by atoms with van der Waals surface area (Å²) in [6.45, 7) is 4.26. The van der Waals surface area contributed by atoms with Crippen molar-refractivity contribution >= 4 is 10.0 Å². The van der Waals surface area contributed by atoms with Crippen LogP contribution in [0.2, 0.25) is 0 Å². The van der Waals surface area contributed by atoms with Gasteiger partial charge in [-0.05, 0) is 26.2 Å². The highest BCUT2D eigenvalue weighted by Crippen LogP contribution is 2.27. The van der Waals surface area contributed by atoms with Gasteiger partial charge in [-0.15, -0.1) is 0 Å². The van der Waals surface area contributed by atoms with Crippen molar-refractivity contribution in [2.75, 3.05) is 0 Å². The Kier molecular flexibility index (Phi) is 4.30. The van der Waals surface area contributed by atoms with Crippen LogP contribution in [0.25, 0.3) is 0 Å². The quantitative estimate of drug-likeness (QED) is 0.920. The molecule has 1 aromatic heterocycles. The van der Waals surface area contributed by atoms with Gasteiger partial charge in [0.2, 0.25) is 10.0 Å². The minimum absolute atomic E-state index is 0.191. The van der Waals surface area contributed by atoms with Crippen LogP contribution in [0.5, 0.6) is 0 Å². The molecule has 108 valence electrons. The van der Waals surface area contributed by atoms with E-state index in [1.807, 2.05) is 0 Å². The van der Waals surface area contributed by atoms with E-state index in [-0.39, 0.29) is 4.90 Å². The predicted octanol–water partition coefficient (Wildman–Crippen LogP) is 2.12. The molecule has 1 saturated carbocycles. The number of rotatable bonds is 4. The third-order valence-corrected chi connectivity index (χ3v) is 5.23. The molecule has 1 fully saturated rings. The molecular weight excluding hydrogens is 262 g/mol. The monoisotopic (exact) mass is 285 g/mol. The minimum atomic E-state index is -3.67. The Morgan fingerprint density at radius 3 is 2.42 bits per heavy atom. The Bertz CT molecular complexity index is 542. The van der Waals surface area contributed by atoms with E-state index in [1.54, 1.807) is 18.5 Å². The van der Waals surface area contributed by atoms with Crippen molar-refractivity contribution in [1.29, 1.82) is 0 Å². The van der Waals surface area contributed by atoms with Crippen LogP contribution in [0.15, 0.2) is 4.90 Å². The summed E-state index contributed by atoms with van der Waals surface area (Å²) in [5.74, 6) is 0.760. The van der Waals surface area contributed by atoms with Gasteiger partial charge in [-0.3, -0.25) is 4.68 Å². The molecule has 0 aromatic carbocycles. The molecule has 1 aliphatic carbocycles. The number of sulfonamides is 1. The van der Waals surface area contributed by atoms with Gasteiger partial charge in [0.05, 0.1) is 11.4 Å². The van der Waals surface area contributed by atoms with Crippen LogP contribution >= 0.6 is 0 Å². The molecule has 0 amide bonds. The van der Waals surface area contributed by atoms with Gasteiger partial charge < -0.3 is 0 Å². The lowest BCUT2D eigenvalue weighted by Crippen LogP contribution is -2.15. The third kappa shape index (κ3) is 3.36. The molecule has 5 nitrogen and oxygen atoms in total. The normalized spacial score (nSPS) is 17.8. The number of aromatic nitrogens is 2. The van der Waals surface area contributed by atoms with Crippen LogP contribution in [-0.4, -0.2) is 18.2 Å². The van der Waals surface area contributed by atoms with Crippen LogP contribution < -0.4 is 5.14 Å². The Hall–Kier alpha value is -0.880. The Labute approximate surface area is 115 Å². The summed E-state index contributed by atoms with van der Waals surface area (Å²) < 4.78 is 24.8. The third-order valence-electron chi connectivity index (χ3n) is 4.07. The first kappa shape index (κ1) is 14.5.